The van der Waals surface area contributed by atoms with Gasteiger partial charge in [0, 0.05) is 23.9 Å². The Morgan fingerprint density at radius 2 is 1.57 bits per heavy atom. The lowest BCUT2D eigenvalue weighted by Gasteiger charge is -2.64. The van der Waals surface area contributed by atoms with Gasteiger partial charge in [-0.2, -0.15) is 0 Å². The fourth-order valence-electron chi connectivity index (χ4n) is 7.91. The molecule has 266 valence electrons. The van der Waals surface area contributed by atoms with Crippen LogP contribution in [0.3, 0.4) is 0 Å². The maximum absolute atomic E-state index is 14.1. The first-order valence-electron chi connectivity index (χ1n) is 17.6. The van der Waals surface area contributed by atoms with Gasteiger partial charge >= 0.3 is 7.12 Å². The molecule has 49 heavy (non-hydrogen) atoms. The number of hydrogen-bond donors (Lipinski definition) is 3. The first-order chi connectivity index (χ1) is 23.0. The third-order valence-corrected chi connectivity index (χ3v) is 12.1. The number of nitrogens with one attached hydrogen (secondary N) is 3. The van der Waals surface area contributed by atoms with Crippen LogP contribution in [0.5, 0.6) is 0 Å². The molecule has 0 unspecified atom stereocenters. The molecule has 3 N–H and O–H groups in total. The highest BCUT2D eigenvalue weighted by molar-refractivity contribution is 7.90. The van der Waals surface area contributed by atoms with Crippen LogP contribution in [0.15, 0.2) is 53.4 Å². The minimum Gasteiger partial charge on any atom is -0.404 e. The molecule has 0 aromatic heterocycles. The van der Waals surface area contributed by atoms with Crippen molar-refractivity contribution in [2.75, 3.05) is 12.8 Å². The van der Waals surface area contributed by atoms with Gasteiger partial charge in [-0.1, -0.05) is 53.2 Å². The van der Waals surface area contributed by atoms with E-state index in [1.165, 1.54) is 24.3 Å². The molecule has 2 aromatic rings. The number of aryl methyl sites for hydroxylation is 1. The zero-order valence-corrected chi connectivity index (χ0v) is 30.7. The van der Waals surface area contributed by atoms with Gasteiger partial charge in [-0.15, -0.1) is 0 Å². The molecule has 2 aromatic carbocycles. The van der Waals surface area contributed by atoms with E-state index in [2.05, 4.69) is 57.5 Å². The van der Waals surface area contributed by atoms with Gasteiger partial charge in [0.2, 0.25) is 5.91 Å². The van der Waals surface area contributed by atoms with E-state index < -0.39 is 52.3 Å². The summed E-state index contributed by atoms with van der Waals surface area (Å²) in [6.45, 7) is 12.8. The van der Waals surface area contributed by atoms with Gasteiger partial charge in [-0.25, -0.2) is 8.42 Å². The molecule has 3 aliphatic carbocycles. The van der Waals surface area contributed by atoms with Gasteiger partial charge in [-0.3, -0.25) is 14.4 Å². The van der Waals surface area contributed by atoms with Gasteiger partial charge in [0.15, 0.2) is 9.84 Å². The Morgan fingerprint density at radius 1 is 0.939 bits per heavy atom. The Balaban J connectivity index is 1.32. The van der Waals surface area contributed by atoms with Crippen molar-refractivity contribution in [3.05, 3.63) is 65.2 Å². The van der Waals surface area contributed by atoms with Crippen molar-refractivity contribution in [2.24, 2.45) is 23.2 Å². The highest BCUT2D eigenvalue weighted by Gasteiger charge is 2.68. The van der Waals surface area contributed by atoms with E-state index >= 15 is 0 Å². The summed E-state index contributed by atoms with van der Waals surface area (Å²) in [5.41, 5.74) is 1.49. The van der Waals surface area contributed by atoms with Crippen LogP contribution in [-0.4, -0.2) is 69.7 Å². The summed E-state index contributed by atoms with van der Waals surface area (Å²) in [5, 5.41) is 8.71. The van der Waals surface area contributed by atoms with Crippen LogP contribution in [0.1, 0.15) is 99.9 Å². The number of unbranched alkanes of at least 4 members (excludes halogenated alkanes) is 1. The van der Waals surface area contributed by atoms with Crippen molar-refractivity contribution >= 4 is 34.7 Å². The SMILES string of the molecule is CCCCc1ccc(C(=O)N[C@@H](CNC(=O)c2ccc(S(C)(=O)=O)cc2)C(=O)N[C@@H](CC(C)C)B2O[C@@H]3C[C@H]4C[C@H](C4(C)C)[C@]3(C)O2)cc1. The van der Waals surface area contributed by atoms with Crippen molar-refractivity contribution in [2.45, 2.75) is 109 Å². The zero-order chi connectivity index (χ0) is 35.7. The molecule has 10 nitrogen and oxygen atoms in total. The highest BCUT2D eigenvalue weighted by atomic mass is 32.2. The topological polar surface area (TPSA) is 140 Å². The van der Waals surface area contributed by atoms with Crippen LogP contribution in [0.25, 0.3) is 0 Å². The quantitative estimate of drug-likeness (QED) is 0.243. The second-order valence-electron chi connectivity index (χ2n) is 15.4. The minimum absolute atomic E-state index is 0.0509. The monoisotopic (exact) mass is 693 g/mol. The number of carbonyl (C=O) groups is 3. The molecule has 1 heterocycles. The van der Waals surface area contributed by atoms with Crippen LogP contribution in [0, 0.1) is 23.2 Å². The molecule has 1 saturated heterocycles. The molecule has 6 atom stereocenters. The zero-order valence-electron chi connectivity index (χ0n) is 29.9. The molecule has 3 saturated carbocycles. The van der Waals surface area contributed by atoms with Crippen LogP contribution in [0.2, 0.25) is 0 Å². The smallest absolute Gasteiger partial charge is 0.404 e. The van der Waals surface area contributed by atoms with Crippen LogP contribution in [0.4, 0.5) is 0 Å². The molecule has 0 radical (unpaired) electrons. The molecule has 4 fully saturated rings. The Hall–Kier alpha value is -3.22. The lowest BCUT2D eigenvalue weighted by Crippen LogP contribution is -2.65. The number of sulfone groups is 1. The van der Waals surface area contributed by atoms with Gasteiger partial charge in [0.1, 0.15) is 6.04 Å². The molecule has 12 heteroatoms. The fraction of sp³-hybridized carbons (Fsp3) is 0.595. The third-order valence-electron chi connectivity index (χ3n) is 11.0. The molecule has 4 aliphatic rings. The number of rotatable bonds is 14. The maximum Gasteiger partial charge on any atom is 0.481 e. The van der Waals surface area contributed by atoms with Crippen molar-refractivity contribution in [1.29, 1.82) is 0 Å². The molecular formula is C37H52BN3O7S. The second-order valence-corrected chi connectivity index (χ2v) is 17.4. The van der Waals surface area contributed by atoms with Crippen LogP contribution < -0.4 is 16.0 Å². The standard InChI is InChI=1S/C37H52BN3O7S/c1-8-9-10-24-11-13-26(14-12-24)34(43)40-29(22-39-33(42)25-15-17-28(18-16-25)49(7,45)46)35(44)41-32(19-23(2)3)38-47-31-21-27-20-30(36(27,4)5)37(31,6)48-38/h11-18,23,27,29-32H,8-10,19-22H2,1-7H3,(H,39,42)(H,40,43)(H,41,44)/t27-,29+,30-,31-,32+,37+/m1/s1. The van der Waals surface area contributed by atoms with Crippen molar-refractivity contribution in [3.8, 4) is 0 Å². The van der Waals surface area contributed by atoms with Gasteiger partial charge < -0.3 is 25.3 Å². The molecule has 6 rings (SSSR count). The Bertz CT molecular complexity index is 1630. The summed E-state index contributed by atoms with van der Waals surface area (Å²) < 4.78 is 37.0. The van der Waals surface area contributed by atoms with Crippen molar-refractivity contribution in [3.63, 3.8) is 0 Å². The first kappa shape index (κ1) is 37.1. The predicted octanol–water partition coefficient (Wildman–Crippen LogP) is 4.76. The molecule has 0 spiro atoms. The Labute approximate surface area is 291 Å². The molecule has 2 bridgehead atoms. The second kappa shape index (κ2) is 14.6. The molecular weight excluding hydrogens is 641 g/mol. The first-order valence-corrected chi connectivity index (χ1v) is 19.5. The summed E-state index contributed by atoms with van der Waals surface area (Å²) in [6.07, 6.45) is 6.71. The third kappa shape index (κ3) is 8.07. The lowest BCUT2D eigenvalue weighted by atomic mass is 9.43. The van der Waals surface area contributed by atoms with E-state index in [1.54, 1.807) is 12.1 Å². The lowest BCUT2D eigenvalue weighted by molar-refractivity contribution is -0.199. The van der Waals surface area contributed by atoms with E-state index in [9.17, 15) is 22.8 Å². The van der Waals surface area contributed by atoms with E-state index in [4.69, 9.17) is 9.31 Å². The summed E-state index contributed by atoms with van der Waals surface area (Å²) in [4.78, 5) is 40.7. The number of carbonyl (C=O) groups excluding carboxylic acids is 3. The number of benzene rings is 2. The molecule has 1 aliphatic heterocycles. The van der Waals surface area contributed by atoms with Gasteiger partial charge in [0.25, 0.3) is 11.8 Å². The van der Waals surface area contributed by atoms with Crippen molar-refractivity contribution < 1.29 is 32.1 Å². The summed E-state index contributed by atoms with van der Waals surface area (Å²) in [7, 11) is -4.07. The predicted molar refractivity (Wildman–Crippen MR) is 190 cm³/mol. The number of hydrogen-bond acceptors (Lipinski definition) is 7. The average molecular weight is 694 g/mol. The average Bonchev–Trinajstić information content (AvgIpc) is 3.42. The van der Waals surface area contributed by atoms with Gasteiger partial charge in [-0.05, 0) is 104 Å². The highest BCUT2D eigenvalue weighted by Crippen LogP contribution is 2.65. The number of amides is 3. The van der Waals surface area contributed by atoms with E-state index in [0.29, 0.717) is 23.8 Å². The minimum atomic E-state index is -3.43. The normalized spacial score (nSPS) is 25.1. The van der Waals surface area contributed by atoms with E-state index in [-0.39, 0.29) is 34.4 Å². The van der Waals surface area contributed by atoms with Gasteiger partial charge in [0.05, 0.1) is 22.5 Å². The summed E-state index contributed by atoms with van der Waals surface area (Å²) in [6, 6.07) is 11.8. The van der Waals surface area contributed by atoms with Crippen LogP contribution >= 0.6 is 0 Å². The van der Waals surface area contributed by atoms with Crippen molar-refractivity contribution in [1.82, 2.24) is 16.0 Å². The van der Waals surface area contributed by atoms with E-state index in [0.717, 1.165) is 43.9 Å². The Kier molecular flexibility index (Phi) is 11.0. The fourth-order valence-corrected chi connectivity index (χ4v) is 8.54. The summed E-state index contributed by atoms with van der Waals surface area (Å²) in [5.74, 6) is -0.731. The van der Waals surface area contributed by atoms with E-state index in [1.807, 2.05) is 12.1 Å². The Morgan fingerprint density at radius 3 is 2.16 bits per heavy atom. The largest absolute Gasteiger partial charge is 0.481 e. The molecule has 3 amide bonds. The maximum atomic E-state index is 14.1. The van der Waals surface area contributed by atoms with Crippen LogP contribution in [-0.2, 0) is 30.4 Å². The summed E-state index contributed by atoms with van der Waals surface area (Å²) >= 11 is 0.